The van der Waals surface area contributed by atoms with Crippen LogP contribution in [0.15, 0.2) is 30.3 Å². The Labute approximate surface area is 181 Å². The van der Waals surface area contributed by atoms with Gasteiger partial charge in [0.2, 0.25) is 16.0 Å². The first-order valence-electron chi connectivity index (χ1n) is 9.62. The van der Waals surface area contributed by atoms with Gasteiger partial charge in [0.25, 0.3) is 0 Å². The van der Waals surface area contributed by atoms with Crippen molar-refractivity contribution in [1.82, 2.24) is 25.9 Å². The molecule has 1 aromatic heterocycles. The Balaban J connectivity index is 1.48. The van der Waals surface area contributed by atoms with Crippen molar-refractivity contribution < 1.29 is 18.7 Å². The van der Waals surface area contributed by atoms with Gasteiger partial charge in [0.1, 0.15) is 17.6 Å². The number of nitriles is 1. The van der Waals surface area contributed by atoms with Gasteiger partial charge in [0, 0.05) is 13.1 Å². The second-order valence-corrected chi connectivity index (χ2v) is 8.32. The minimum Gasteiger partial charge on any atom is -0.443 e. The Morgan fingerprint density at radius 3 is 2.77 bits per heavy atom. The summed E-state index contributed by atoms with van der Waals surface area (Å²) in [5.74, 6) is -0.400. The summed E-state index contributed by atoms with van der Waals surface area (Å²) in [6, 6.07) is 10.9. The van der Waals surface area contributed by atoms with E-state index in [1.54, 1.807) is 31.2 Å². The van der Waals surface area contributed by atoms with E-state index in [-0.39, 0.29) is 24.6 Å². The summed E-state index contributed by atoms with van der Waals surface area (Å²) in [6.07, 6.45) is -2.73. The lowest BCUT2D eigenvalue weighted by atomic mass is 9.76. The van der Waals surface area contributed by atoms with Gasteiger partial charge in [-0.3, -0.25) is 10.2 Å². The summed E-state index contributed by atoms with van der Waals surface area (Å²) >= 11 is 1.02. The lowest BCUT2D eigenvalue weighted by Gasteiger charge is -2.39. The molecular formula is C19H20FN7O3S. The fourth-order valence-corrected chi connectivity index (χ4v) is 4.36. The lowest BCUT2D eigenvalue weighted by Crippen LogP contribution is -2.61. The predicted octanol–water partition coefficient (Wildman–Crippen LogP) is 0.925. The van der Waals surface area contributed by atoms with Crippen LogP contribution in [0.2, 0.25) is 0 Å². The topological polar surface area (TPSA) is 123 Å². The molecule has 3 atom stereocenters. The second kappa shape index (κ2) is 8.44. The number of hydrazine groups is 1. The molecule has 2 aliphatic rings. The number of benzene rings is 1. The van der Waals surface area contributed by atoms with Gasteiger partial charge >= 0.3 is 6.09 Å². The van der Waals surface area contributed by atoms with Crippen molar-refractivity contribution in [2.45, 2.75) is 24.7 Å². The molecule has 2 saturated heterocycles. The number of halogens is 1. The van der Waals surface area contributed by atoms with Crippen LogP contribution in [0.1, 0.15) is 17.5 Å². The number of alkyl carbamates (subject to hydrolysis) is 1. The van der Waals surface area contributed by atoms with Crippen molar-refractivity contribution in [3.63, 3.8) is 0 Å². The van der Waals surface area contributed by atoms with Crippen LogP contribution >= 0.6 is 11.3 Å². The number of carbonyl (C=O) groups is 2. The highest BCUT2D eigenvalue weighted by atomic mass is 32.1. The summed E-state index contributed by atoms with van der Waals surface area (Å²) < 4.78 is 20.2. The lowest BCUT2D eigenvalue weighted by molar-refractivity contribution is -0.135. The van der Waals surface area contributed by atoms with Crippen LogP contribution < -0.4 is 15.6 Å². The molecule has 3 unspecified atom stereocenters. The van der Waals surface area contributed by atoms with Crippen LogP contribution in [-0.4, -0.2) is 65.8 Å². The Bertz CT molecular complexity index is 1010. The summed E-state index contributed by atoms with van der Waals surface area (Å²) in [7, 11) is 0. The minimum atomic E-state index is -1.44. The van der Waals surface area contributed by atoms with Gasteiger partial charge in [0.15, 0.2) is 6.30 Å². The Morgan fingerprint density at radius 2 is 2.16 bits per heavy atom. The highest BCUT2D eigenvalue weighted by Crippen LogP contribution is 2.32. The number of rotatable bonds is 5. The van der Waals surface area contributed by atoms with Gasteiger partial charge in [-0.05, 0) is 12.5 Å². The van der Waals surface area contributed by atoms with Crippen molar-refractivity contribution >= 4 is 28.5 Å². The Kier molecular flexibility index (Phi) is 5.71. The van der Waals surface area contributed by atoms with Crippen LogP contribution in [0.25, 0.3) is 0 Å². The number of anilines is 1. The first-order chi connectivity index (χ1) is 14.9. The number of cyclic esters (lactones) is 1. The first-order valence-corrected chi connectivity index (χ1v) is 10.4. The van der Waals surface area contributed by atoms with E-state index in [2.05, 4.69) is 20.9 Å². The first kappa shape index (κ1) is 21.0. The molecule has 2 aromatic rings. The van der Waals surface area contributed by atoms with E-state index in [4.69, 9.17) is 10.00 Å². The monoisotopic (exact) mass is 445 g/mol. The normalized spacial score (nSPS) is 23.4. The summed E-state index contributed by atoms with van der Waals surface area (Å²) in [5.41, 5.74) is 2.30. The Morgan fingerprint density at radius 1 is 1.39 bits per heavy atom. The van der Waals surface area contributed by atoms with Crippen LogP contribution in [0.4, 0.5) is 14.3 Å². The van der Waals surface area contributed by atoms with E-state index in [0.29, 0.717) is 17.2 Å². The molecule has 2 fully saturated rings. The van der Waals surface area contributed by atoms with Crippen molar-refractivity contribution in [3.8, 4) is 6.07 Å². The van der Waals surface area contributed by atoms with E-state index in [1.165, 1.54) is 9.91 Å². The van der Waals surface area contributed by atoms with Gasteiger partial charge < -0.3 is 15.0 Å². The molecule has 31 heavy (non-hydrogen) atoms. The highest BCUT2D eigenvalue weighted by Gasteiger charge is 2.48. The highest BCUT2D eigenvalue weighted by molar-refractivity contribution is 7.15. The quantitative estimate of drug-likeness (QED) is 0.652. The van der Waals surface area contributed by atoms with Gasteiger partial charge in [-0.25, -0.2) is 14.2 Å². The summed E-state index contributed by atoms with van der Waals surface area (Å²) in [4.78, 5) is 26.4. The number of carbonyl (C=O) groups excluding carboxylic acids is 2. The number of ether oxygens (including phenoxy) is 1. The average molecular weight is 445 g/mol. The predicted molar refractivity (Wildman–Crippen MR) is 109 cm³/mol. The van der Waals surface area contributed by atoms with Gasteiger partial charge in [-0.1, -0.05) is 41.7 Å². The van der Waals surface area contributed by atoms with E-state index in [0.717, 1.165) is 11.3 Å². The number of alkyl halides is 1. The fourth-order valence-electron chi connectivity index (χ4n) is 3.65. The molecule has 2 N–H and O–H groups in total. The SMILES string of the molecule is CC(C(=O)NN1CCN(c2nnc(C#N)s2)C(F)C1)(c1ccccc1)C1CNC(=O)O1. The van der Waals surface area contributed by atoms with E-state index in [9.17, 15) is 14.0 Å². The molecule has 0 spiro atoms. The van der Waals surface area contributed by atoms with Gasteiger partial charge in [-0.2, -0.15) is 5.26 Å². The Hall–Kier alpha value is -3.30. The van der Waals surface area contributed by atoms with Crippen molar-refractivity contribution in [2.24, 2.45) is 0 Å². The number of aromatic nitrogens is 2. The minimum absolute atomic E-state index is 0.0964. The summed E-state index contributed by atoms with van der Waals surface area (Å²) in [5, 5.41) is 21.0. The zero-order valence-electron chi connectivity index (χ0n) is 16.6. The molecule has 0 aliphatic carbocycles. The second-order valence-electron chi connectivity index (χ2n) is 7.36. The molecule has 0 radical (unpaired) electrons. The molecule has 0 saturated carbocycles. The van der Waals surface area contributed by atoms with Crippen LogP contribution in [0, 0.1) is 11.3 Å². The third-order valence-corrected chi connectivity index (χ3v) is 6.37. The average Bonchev–Trinajstić information content (AvgIpc) is 3.43. The molecule has 2 amide bonds. The van der Waals surface area contributed by atoms with E-state index in [1.807, 2.05) is 12.1 Å². The third-order valence-electron chi connectivity index (χ3n) is 5.51. The van der Waals surface area contributed by atoms with Crippen LogP contribution in [-0.2, 0) is 14.9 Å². The smallest absolute Gasteiger partial charge is 0.407 e. The molecule has 2 aliphatic heterocycles. The van der Waals surface area contributed by atoms with E-state index < -0.39 is 29.8 Å². The molecule has 162 valence electrons. The molecule has 3 heterocycles. The molecule has 1 aromatic carbocycles. The molecule has 0 bridgehead atoms. The standard InChI is InChI=1S/C19H20FN7O3S/c1-19(12-5-3-2-4-6-12,13-10-22-18(29)30-13)16(28)25-26-7-8-27(14(20)11-26)17-24-23-15(9-21)31-17/h2-6,13-14H,7-8,10-11H2,1H3,(H,22,29)(H,25,28). The zero-order chi connectivity index (χ0) is 22.0. The maximum atomic E-state index is 14.8. The van der Waals surface area contributed by atoms with Gasteiger partial charge in [0.05, 0.1) is 13.1 Å². The molecule has 12 heteroatoms. The summed E-state index contributed by atoms with van der Waals surface area (Å²) in [6.45, 7) is 2.39. The molecule has 4 rings (SSSR count). The largest absolute Gasteiger partial charge is 0.443 e. The third kappa shape index (κ3) is 4.01. The van der Waals surface area contributed by atoms with Crippen LogP contribution in [0.5, 0.6) is 0 Å². The number of piperazine rings is 1. The van der Waals surface area contributed by atoms with Crippen molar-refractivity contribution in [2.75, 3.05) is 31.1 Å². The van der Waals surface area contributed by atoms with Crippen LogP contribution in [0.3, 0.4) is 0 Å². The van der Waals surface area contributed by atoms with Crippen molar-refractivity contribution in [3.05, 3.63) is 40.9 Å². The number of nitrogens with zero attached hydrogens (tertiary/aromatic N) is 5. The number of amides is 2. The van der Waals surface area contributed by atoms with Gasteiger partial charge in [-0.15, -0.1) is 10.2 Å². The number of nitrogens with one attached hydrogen (secondary N) is 2. The molecular weight excluding hydrogens is 425 g/mol. The zero-order valence-corrected chi connectivity index (χ0v) is 17.4. The molecule has 10 nitrogen and oxygen atoms in total. The van der Waals surface area contributed by atoms with Crippen molar-refractivity contribution in [1.29, 1.82) is 5.26 Å². The maximum absolute atomic E-state index is 14.8. The number of hydrogen-bond acceptors (Lipinski definition) is 9. The van der Waals surface area contributed by atoms with E-state index >= 15 is 0 Å². The fraction of sp³-hybridized carbons (Fsp3) is 0.421. The number of hydrogen-bond donors (Lipinski definition) is 2. The maximum Gasteiger partial charge on any atom is 0.407 e.